The van der Waals surface area contributed by atoms with Gasteiger partial charge in [0, 0.05) is 5.75 Å². The number of hydrogen-bond donors (Lipinski definition) is 0. The van der Waals surface area contributed by atoms with Crippen molar-refractivity contribution in [3.05, 3.63) is 58.8 Å². The molecular formula is C22H24F2N4O2S. The maximum atomic E-state index is 13.3. The number of benzene rings is 1. The van der Waals surface area contributed by atoms with Crippen LogP contribution in [0.1, 0.15) is 61.1 Å². The highest BCUT2D eigenvalue weighted by Gasteiger charge is 2.20. The lowest BCUT2D eigenvalue weighted by Crippen LogP contribution is -2.01. The van der Waals surface area contributed by atoms with Crippen LogP contribution in [0.4, 0.5) is 8.78 Å². The van der Waals surface area contributed by atoms with Gasteiger partial charge in [-0.25, -0.2) is 8.78 Å². The van der Waals surface area contributed by atoms with Crippen molar-refractivity contribution in [3.63, 3.8) is 0 Å². The Morgan fingerprint density at radius 1 is 1.23 bits per heavy atom. The van der Waals surface area contributed by atoms with E-state index in [1.807, 2.05) is 6.07 Å². The Balaban J connectivity index is 1.41. The Labute approximate surface area is 183 Å². The summed E-state index contributed by atoms with van der Waals surface area (Å²) in [5.74, 6) is 2.15. The van der Waals surface area contributed by atoms with Gasteiger partial charge in [-0.15, -0.1) is 10.2 Å². The summed E-state index contributed by atoms with van der Waals surface area (Å²) in [5.41, 5.74) is 2.74. The third-order valence-corrected chi connectivity index (χ3v) is 6.00. The number of thioether (sulfide) groups is 1. The molecule has 0 saturated carbocycles. The van der Waals surface area contributed by atoms with Crippen LogP contribution in [0.25, 0.3) is 0 Å². The van der Waals surface area contributed by atoms with Crippen LogP contribution in [-0.2, 0) is 19.4 Å². The first kappa shape index (κ1) is 21.5. The molecule has 0 fully saturated rings. The van der Waals surface area contributed by atoms with Crippen LogP contribution in [0, 0.1) is 0 Å². The van der Waals surface area contributed by atoms with E-state index in [9.17, 15) is 8.78 Å². The Bertz CT molecular complexity index is 1050. The highest BCUT2D eigenvalue weighted by atomic mass is 32.2. The maximum Gasteiger partial charge on any atom is 0.299 e. The van der Waals surface area contributed by atoms with Crippen molar-refractivity contribution < 1.29 is 17.9 Å². The molecule has 1 aliphatic rings. The summed E-state index contributed by atoms with van der Waals surface area (Å²) in [6.07, 6.45) is 4.01. The lowest BCUT2D eigenvalue weighted by molar-refractivity contribution is 0.135. The van der Waals surface area contributed by atoms with E-state index < -0.39 is 12.2 Å². The van der Waals surface area contributed by atoms with Crippen molar-refractivity contribution in [2.45, 2.75) is 57.2 Å². The van der Waals surface area contributed by atoms with E-state index in [-0.39, 0.29) is 6.61 Å². The van der Waals surface area contributed by atoms with Gasteiger partial charge in [0.15, 0.2) is 0 Å². The van der Waals surface area contributed by atoms with E-state index >= 15 is 0 Å². The molecule has 0 amide bonds. The number of fused-ring (bicyclic) bond motifs is 1. The molecule has 2 aromatic heterocycles. The predicted octanol–water partition coefficient (Wildman–Crippen LogP) is 5.65. The number of furan rings is 1. The molecule has 0 saturated heterocycles. The topological polar surface area (TPSA) is 65.4 Å². The number of rotatable bonds is 10. The first-order valence-corrected chi connectivity index (χ1v) is 11.4. The van der Waals surface area contributed by atoms with Crippen molar-refractivity contribution in [1.82, 2.24) is 14.9 Å². The van der Waals surface area contributed by atoms with E-state index in [1.165, 1.54) is 35.5 Å². The molecule has 3 aromatic rings. The van der Waals surface area contributed by atoms with Gasteiger partial charge in [0.2, 0.25) is 11.0 Å². The summed E-state index contributed by atoms with van der Waals surface area (Å²) in [4.78, 5) is 0. The van der Waals surface area contributed by atoms with Gasteiger partial charge in [-0.3, -0.25) is 0 Å². The molecule has 0 bridgehead atoms. The molecule has 0 spiro atoms. The van der Waals surface area contributed by atoms with Crippen LogP contribution in [0.3, 0.4) is 0 Å². The number of ether oxygens (including phenoxy) is 1. The lowest BCUT2D eigenvalue weighted by atomic mass is 10.1. The predicted molar refractivity (Wildman–Crippen MR) is 115 cm³/mol. The van der Waals surface area contributed by atoms with E-state index in [0.29, 0.717) is 16.7 Å². The van der Waals surface area contributed by atoms with Crippen molar-refractivity contribution in [2.24, 2.45) is 5.10 Å². The molecule has 6 nitrogen and oxygen atoms in total. The molecule has 1 aromatic carbocycles. The summed E-state index contributed by atoms with van der Waals surface area (Å²) in [6.45, 7) is 2.34. The number of aromatic nitrogens is 3. The van der Waals surface area contributed by atoms with Gasteiger partial charge in [0.25, 0.3) is 6.43 Å². The first-order chi connectivity index (χ1) is 15.1. The van der Waals surface area contributed by atoms with Crippen molar-refractivity contribution in [2.75, 3.05) is 5.75 Å². The Kier molecular flexibility index (Phi) is 7.01. The van der Waals surface area contributed by atoms with E-state index in [1.54, 1.807) is 12.1 Å². The molecule has 0 aliphatic heterocycles. The minimum atomic E-state index is -2.77. The zero-order valence-electron chi connectivity index (χ0n) is 17.3. The number of halogens is 2. The SMILES string of the molecule is CCCCSc1nnc(C(F)F)n1/N=C/c1ccc(COc2ccc3c(c2)CCC3)o1. The summed E-state index contributed by atoms with van der Waals surface area (Å²) in [5, 5.41) is 11.9. The molecule has 0 unspecified atom stereocenters. The quantitative estimate of drug-likeness (QED) is 0.229. The molecule has 4 rings (SSSR count). The smallest absolute Gasteiger partial charge is 0.299 e. The van der Waals surface area contributed by atoms with Gasteiger partial charge < -0.3 is 9.15 Å². The van der Waals surface area contributed by atoms with Gasteiger partial charge in [-0.2, -0.15) is 9.78 Å². The third-order valence-electron chi connectivity index (χ3n) is 4.99. The summed E-state index contributed by atoms with van der Waals surface area (Å²) in [6, 6.07) is 9.69. The molecule has 2 heterocycles. The largest absolute Gasteiger partial charge is 0.486 e. The van der Waals surface area contributed by atoms with Crippen LogP contribution in [0.5, 0.6) is 5.75 Å². The zero-order chi connectivity index (χ0) is 21.6. The first-order valence-electron chi connectivity index (χ1n) is 10.4. The standard InChI is InChI=1S/C22H24F2N4O2S/c1-2-3-11-31-22-27-26-21(20(23)24)28(22)25-13-18-9-10-19(30-18)14-29-17-8-7-15-5-4-6-16(15)12-17/h7-10,12-13,20H,2-6,11,14H2,1H3/b25-13+. The van der Waals surface area contributed by atoms with Crippen molar-refractivity contribution in [1.29, 1.82) is 0 Å². The number of hydrogen-bond acceptors (Lipinski definition) is 6. The second-order valence-electron chi connectivity index (χ2n) is 7.28. The van der Waals surface area contributed by atoms with E-state index in [0.717, 1.165) is 41.9 Å². The Morgan fingerprint density at radius 2 is 2.10 bits per heavy atom. The fraction of sp³-hybridized carbons (Fsp3) is 0.409. The van der Waals surface area contributed by atoms with Crippen LogP contribution in [-0.4, -0.2) is 26.8 Å². The summed E-state index contributed by atoms with van der Waals surface area (Å²) in [7, 11) is 0. The van der Waals surface area contributed by atoms with Crippen LogP contribution in [0.2, 0.25) is 0 Å². The maximum absolute atomic E-state index is 13.3. The van der Waals surface area contributed by atoms with Gasteiger partial charge in [-0.1, -0.05) is 31.2 Å². The van der Waals surface area contributed by atoms with Crippen molar-refractivity contribution >= 4 is 18.0 Å². The molecule has 0 radical (unpaired) electrons. The highest BCUT2D eigenvalue weighted by molar-refractivity contribution is 7.99. The lowest BCUT2D eigenvalue weighted by Gasteiger charge is -2.06. The second-order valence-corrected chi connectivity index (χ2v) is 8.34. The molecule has 0 atom stereocenters. The molecule has 31 heavy (non-hydrogen) atoms. The van der Waals surface area contributed by atoms with Gasteiger partial charge in [0.1, 0.15) is 23.9 Å². The van der Waals surface area contributed by atoms with Crippen LogP contribution < -0.4 is 4.74 Å². The van der Waals surface area contributed by atoms with Crippen LogP contribution >= 0.6 is 11.8 Å². The fourth-order valence-corrected chi connectivity index (χ4v) is 4.34. The summed E-state index contributed by atoms with van der Waals surface area (Å²) < 4.78 is 39.1. The van der Waals surface area contributed by atoms with E-state index in [4.69, 9.17) is 9.15 Å². The van der Waals surface area contributed by atoms with E-state index in [2.05, 4.69) is 34.4 Å². The second kappa shape index (κ2) is 10.1. The zero-order valence-corrected chi connectivity index (χ0v) is 18.1. The number of aryl methyl sites for hydroxylation is 2. The van der Waals surface area contributed by atoms with Gasteiger partial charge in [0.05, 0.1) is 6.21 Å². The van der Waals surface area contributed by atoms with Gasteiger partial charge >= 0.3 is 0 Å². The average Bonchev–Trinajstić information content (AvgIpc) is 3.50. The molecule has 164 valence electrons. The number of alkyl halides is 2. The molecule has 1 aliphatic carbocycles. The van der Waals surface area contributed by atoms with Crippen LogP contribution in [0.15, 0.2) is 45.0 Å². The van der Waals surface area contributed by atoms with Crippen molar-refractivity contribution in [3.8, 4) is 5.75 Å². The average molecular weight is 447 g/mol. The Morgan fingerprint density at radius 3 is 2.94 bits per heavy atom. The molecular weight excluding hydrogens is 422 g/mol. The minimum absolute atomic E-state index is 0.277. The Hall–Kier alpha value is -2.68. The third kappa shape index (κ3) is 5.33. The molecule has 0 N–H and O–H groups in total. The molecule has 9 heteroatoms. The fourth-order valence-electron chi connectivity index (χ4n) is 3.37. The monoisotopic (exact) mass is 446 g/mol. The normalized spacial score (nSPS) is 13.4. The number of unbranched alkanes of at least 4 members (excludes halogenated alkanes) is 1. The number of nitrogens with zero attached hydrogens (tertiary/aromatic N) is 4. The highest BCUT2D eigenvalue weighted by Crippen LogP contribution is 2.27. The summed E-state index contributed by atoms with van der Waals surface area (Å²) >= 11 is 1.36. The minimum Gasteiger partial charge on any atom is -0.486 e. The van der Waals surface area contributed by atoms with Gasteiger partial charge in [-0.05, 0) is 61.1 Å².